The first-order valence-electron chi connectivity index (χ1n) is 12.4. The molecule has 0 aliphatic rings. The number of carbonyl (C=O) groups is 1. The Hall–Kier alpha value is -3.80. The van der Waals surface area contributed by atoms with Gasteiger partial charge in [0.25, 0.3) is 5.91 Å². The van der Waals surface area contributed by atoms with Crippen LogP contribution in [-0.4, -0.2) is 40.5 Å². The standard InChI is InChI=1S/C30H35N3O3/c1-8-36-26-17-22(35-7)13-14-23(26)28(29-31-24-11-9-10-12-25(24)32-29)33(18(2)3)30(34)27-20(5)15-19(4)16-21(27)6/h9-18,28H,8H2,1-7H3,(H,31,32). The van der Waals surface area contributed by atoms with Gasteiger partial charge in [-0.1, -0.05) is 29.8 Å². The average molecular weight is 486 g/mol. The number of nitrogens with one attached hydrogen (secondary N) is 1. The summed E-state index contributed by atoms with van der Waals surface area (Å²) >= 11 is 0. The summed E-state index contributed by atoms with van der Waals surface area (Å²) in [6, 6.07) is 17.2. The zero-order valence-electron chi connectivity index (χ0n) is 22.2. The summed E-state index contributed by atoms with van der Waals surface area (Å²) < 4.78 is 11.5. The van der Waals surface area contributed by atoms with Crippen molar-refractivity contribution in [1.82, 2.24) is 14.9 Å². The SMILES string of the molecule is CCOc1cc(OC)ccc1C(c1nc2ccccc2[nH]1)N(C(=O)c1c(C)cc(C)cc1C)C(C)C. The lowest BCUT2D eigenvalue weighted by Gasteiger charge is -2.36. The summed E-state index contributed by atoms with van der Waals surface area (Å²) in [6.45, 7) is 12.6. The topological polar surface area (TPSA) is 67.5 Å². The summed E-state index contributed by atoms with van der Waals surface area (Å²) in [7, 11) is 1.63. The van der Waals surface area contributed by atoms with E-state index < -0.39 is 6.04 Å². The number of carbonyl (C=O) groups excluding carboxylic acids is 1. The van der Waals surface area contributed by atoms with Crippen molar-refractivity contribution in [2.75, 3.05) is 13.7 Å². The van der Waals surface area contributed by atoms with E-state index in [0.717, 1.165) is 38.9 Å². The van der Waals surface area contributed by atoms with Gasteiger partial charge in [0.2, 0.25) is 0 Å². The molecule has 6 nitrogen and oxygen atoms in total. The Morgan fingerprint density at radius 3 is 2.33 bits per heavy atom. The first kappa shape index (κ1) is 25.3. The van der Waals surface area contributed by atoms with Crippen molar-refractivity contribution >= 4 is 16.9 Å². The average Bonchev–Trinajstić information content (AvgIpc) is 3.25. The lowest BCUT2D eigenvalue weighted by Crippen LogP contribution is -2.42. The highest BCUT2D eigenvalue weighted by Gasteiger charge is 2.35. The molecule has 4 aromatic rings. The summed E-state index contributed by atoms with van der Waals surface area (Å²) in [5.74, 6) is 2.01. The number of aryl methyl sites for hydroxylation is 3. The molecule has 1 aromatic heterocycles. The fourth-order valence-electron chi connectivity index (χ4n) is 4.98. The molecule has 0 saturated heterocycles. The number of nitrogens with zero attached hydrogens (tertiary/aromatic N) is 2. The largest absolute Gasteiger partial charge is 0.497 e. The van der Waals surface area contributed by atoms with Gasteiger partial charge in [-0.3, -0.25) is 4.79 Å². The van der Waals surface area contributed by atoms with E-state index in [-0.39, 0.29) is 11.9 Å². The van der Waals surface area contributed by atoms with Crippen molar-refractivity contribution in [3.63, 3.8) is 0 Å². The van der Waals surface area contributed by atoms with Crippen molar-refractivity contribution in [2.24, 2.45) is 0 Å². The zero-order chi connectivity index (χ0) is 26.0. The number of imidazole rings is 1. The number of rotatable bonds is 8. The fourth-order valence-corrected chi connectivity index (χ4v) is 4.98. The summed E-state index contributed by atoms with van der Waals surface area (Å²) in [6.07, 6.45) is 0. The van der Waals surface area contributed by atoms with E-state index in [4.69, 9.17) is 14.5 Å². The highest BCUT2D eigenvalue weighted by molar-refractivity contribution is 5.98. The smallest absolute Gasteiger partial charge is 0.255 e. The maximum atomic E-state index is 14.4. The lowest BCUT2D eigenvalue weighted by atomic mass is 9.95. The van der Waals surface area contributed by atoms with Crippen LogP contribution in [0.4, 0.5) is 0 Å². The Kier molecular flexibility index (Phi) is 7.34. The molecular weight excluding hydrogens is 450 g/mol. The molecule has 1 heterocycles. The van der Waals surface area contributed by atoms with Gasteiger partial charge in [0, 0.05) is 23.2 Å². The van der Waals surface area contributed by atoms with E-state index in [9.17, 15) is 4.79 Å². The number of hydrogen-bond acceptors (Lipinski definition) is 4. The number of aromatic amines is 1. The van der Waals surface area contributed by atoms with Crippen LogP contribution in [-0.2, 0) is 0 Å². The quantitative estimate of drug-likeness (QED) is 0.308. The normalized spacial score (nSPS) is 12.1. The molecule has 3 aromatic carbocycles. The maximum Gasteiger partial charge on any atom is 0.255 e. The Labute approximate surface area is 213 Å². The molecular formula is C30H35N3O3. The fraction of sp³-hybridized carbons (Fsp3) is 0.333. The van der Waals surface area contributed by atoms with Crippen LogP contribution in [0.15, 0.2) is 54.6 Å². The van der Waals surface area contributed by atoms with Gasteiger partial charge in [-0.2, -0.15) is 0 Å². The second-order valence-electron chi connectivity index (χ2n) is 9.46. The van der Waals surface area contributed by atoms with Crippen LogP contribution in [0.5, 0.6) is 11.5 Å². The van der Waals surface area contributed by atoms with E-state index in [2.05, 4.69) is 24.0 Å². The number of ether oxygens (including phenoxy) is 2. The predicted molar refractivity (Wildman–Crippen MR) is 144 cm³/mol. The van der Waals surface area contributed by atoms with Gasteiger partial charge in [0.1, 0.15) is 23.4 Å². The molecule has 0 fully saturated rings. The van der Waals surface area contributed by atoms with Gasteiger partial charge >= 0.3 is 0 Å². The van der Waals surface area contributed by atoms with E-state index in [1.54, 1.807) is 7.11 Å². The minimum absolute atomic E-state index is 0.0382. The Morgan fingerprint density at radius 2 is 1.72 bits per heavy atom. The summed E-state index contributed by atoms with van der Waals surface area (Å²) in [5, 5.41) is 0. The van der Waals surface area contributed by atoms with Gasteiger partial charge in [0.15, 0.2) is 0 Å². The third-order valence-corrected chi connectivity index (χ3v) is 6.44. The van der Waals surface area contributed by atoms with Crippen LogP contribution in [0.1, 0.15) is 65.2 Å². The molecule has 1 amide bonds. The number of para-hydroxylation sites is 2. The molecule has 1 N–H and O–H groups in total. The van der Waals surface area contributed by atoms with E-state index in [1.807, 2.05) is 82.0 Å². The minimum Gasteiger partial charge on any atom is -0.497 e. The molecule has 0 aliphatic carbocycles. The highest BCUT2D eigenvalue weighted by Crippen LogP contribution is 2.39. The number of hydrogen-bond donors (Lipinski definition) is 1. The number of amides is 1. The van der Waals surface area contributed by atoms with Crippen LogP contribution in [0.3, 0.4) is 0 Å². The molecule has 188 valence electrons. The third-order valence-electron chi connectivity index (χ3n) is 6.44. The number of fused-ring (bicyclic) bond motifs is 1. The predicted octanol–water partition coefficient (Wildman–Crippen LogP) is 6.54. The second-order valence-corrected chi connectivity index (χ2v) is 9.46. The summed E-state index contributed by atoms with van der Waals surface area (Å²) in [4.78, 5) is 24.7. The first-order valence-corrected chi connectivity index (χ1v) is 12.4. The zero-order valence-corrected chi connectivity index (χ0v) is 22.2. The number of benzene rings is 3. The van der Waals surface area contributed by atoms with Gasteiger partial charge < -0.3 is 19.4 Å². The van der Waals surface area contributed by atoms with Gasteiger partial charge in [0.05, 0.1) is 24.8 Å². The second kappa shape index (κ2) is 10.4. The molecule has 36 heavy (non-hydrogen) atoms. The van der Waals surface area contributed by atoms with Crippen molar-refractivity contribution in [1.29, 1.82) is 0 Å². The molecule has 0 spiro atoms. The van der Waals surface area contributed by atoms with Crippen molar-refractivity contribution < 1.29 is 14.3 Å². The van der Waals surface area contributed by atoms with Gasteiger partial charge in [-0.15, -0.1) is 0 Å². The molecule has 6 heteroatoms. The molecule has 1 atom stereocenters. The Bertz CT molecular complexity index is 1330. The van der Waals surface area contributed by atoms with Crippen LogP contribution in [0, 0.1) is 20.8 Å². The molecule has 1 unspecified atom stereocenters. The number of H-pyrrole nitrogens is 1. The summed E-state index contributed by atoms with van der Waals surface area (Å²) in [5.41, 5.74) is 6.41. The van der Waals surface area contributed by atoms with E-state index in [0.29, 0.717) is 23.9 Å². The van der Waals surface area contributed by atoms with Crippen LogP contribution in [0.2, 0.25) is 0 Å². The maximum absolute atomic E-state index is 14.4. The lowest BCUT2D eigenvalue weighted by molar-refractivity contribution is 0.0633. The molecule has 0 aliphatic heterocycles. The number of methoxy groups -OCH3 is 1. The van der Waals surface area contributed by atoms with Crippen molar-refractivity contribution in [3.8, 4) is 11.5 Å². The van der Waals surface area contributed by atoms with E-state index >= 15 is 0 Å². The van der Waals surface area contributed by atoms with Crippen LogP contribution >= 0.6 is 0 Å². The number of aromatic nitrogens is 2. The molecule has 0 saturated carbocycles. The van der Waals surface area contributed by atoms with Gasteiger partial charge in [-0.05, 0) is 76.9 Å². The van der Waals surface area contributed by atoms with Crippen LogP contribution in [0.25, 0.3) is 11.0 Å². The molecule has 0 bridgehead atoms. The highest BCUT2D eigenvalue weighted by atomic mass is 16.5. The first-order chi connectivity index (χ1) is 17.2. The molecule has 0 radical (unpaired) electrons. The van der Waals surface area contributed by atoms with Gasteiger partial charge in [-0.25, -0.2) is 4.98 Å². The van der Waals surface area contributed by atoms with Crippen LogP contribution < -0.4 is 9.47 Å². The van der Waals surface area contributed by atoms with E-state index in [1.165, 1.54) is 0 Å². The minimum atomic E-state index is -0.502. The third kappa shape index (κ3) is 4.81. The molecule has 4 rings (SSSR count). The monoisotopic (exact) mass is 485 g/mol. The Balaban J connectivity index is 1.97. The Morgan fingerprint density at radius 1 is 1.03 bits per heavy atom. The van der Waals surface area contributed by atoms with Crippen molar-refractivity contribution in [3.05, 3.63) is 88.2 Å². The van der Waals surface area contributed by atoms with Crippen molar-refractivity contribution in [2.45, 2.75) is 53.6 Å².